The molecule has 0 spiro atoms. The van der Waals surface area contributed by atoms with E-state index in [-0.39, 0.29) is 0 Å². The Hall–Kier alpha value is -1.40. The average Bonchev–Trinajstić information content (AvgIpc) is 2.49. The predicted octanol–water partition coefficient (Wildman–Crippen LogP) is 2.39. The zero-order chi connectivity index (χ0) is 15.1. The molecule has 0 aromatic carbocycles. The zero-order valence-electron chi connectivity index (χ0n) is 12.8. The molecule has 1 fully saturated rings. The van der Waals surface area contributed by atoms with Gasteiger partial charge in [0.2, 0.25) is 0 Å². The molecule has 6 heteroatoms. The third-order valence-electron chi connectivity index (χ3n) is 3.69. The maximum Gasteiger partial charge on any atom is 0.170 e. The number of nitrogens with zero attached hydrogens (tertiary/aromatic N) is 2. The van der Waals surface area contributed by atoms with Crippen LogP contribution in [0.4, 0.5) is 11.5 Å². The van der Waals surface area contributed by atoms with Gasteiger partial charge < -0.3 is 20.3 Å². The molecule has 5 nitrogen and oxygen atoms in total. The summed E-state index contributed by atoms with van der Waals surface area (Å²) in [6.07, 6.45) is 5.65. The van der Waals surface area contributed by atoms with Crippen molar-refractivity contribution < 1.29 is 4.74 Å². The lowest BCUT2D eigenvalue weighted by molar-refractivity contribution is 0.204. The maximum absolute atomic E-state index is 5.21. The Labute approximate surface area is 132 Å². The summed E-state index contributed by atoms with van der Waals surface area (Å²) in [5, 5.41) is 6.79. The molecule has 0 radical (unpaired) electrons. The second-order valence-corrected chi connectivity index (χ2v) is 5.73. The van der Waals surface area contributed by atoms with Crippen molar-refractivity contribution in [1.29, 1.82) is 0 Å². The van der Waals surface area contributed by atoms with Crippen LogP contribution in [0.5, 0.6) is 0 Å². The number of nitrogens with one attached hydrogen (secondary N) is 2. The van der Waals surface area contributed by atoms with E-state index in [9.17, 15) is 0 Å². The molecule has 0 unspecified atom stereocenters. The highest BCUT2D eigenvalue weighted by Crippen LogP contribution is 2.23. The van der Waals surface area contributed by atoms with Gasteiger partial charge in [-0.2, -0.15) is 0 Å². The van der Waals surface area contributed by atoms with E-state index in [0.717, 1.165) is 18.1 Å². The minimum Gasteiger partial charge on any atom is -0.383 e. The monoisotopic (exact) mass is 308 g/mol. The van der Waals surface area contributed by atoms with E-state index in [2.05, 4.69) is 33.5 Å². The first-order valence-electron chi connectivity index (χ1n) is 7.47. The minimum absolute atomic E-state index is 0.571. The molecule has 2 heterocycles. The van der Waals surface area contributed by atoms with E-state index in [0.29, 0.717) is 24.3 Å². The van der Waals surface area contributed by atoms with E-state index >= 15 is 0 Å². The molecule has 1 aromatic rings. The van der Waals surface area contributed by atoms with Crippen LogP contribution in [-0.4, -0.2) is 42.9 Å². The summed E-state index contributed by atoms with van der Waals surface area (Å²) < 4.78 is 4.97. The number of thiocarbonyl (C=S) groups is 1. The van der Waals surface area contributed by atoms with Crippen LogP contribution in [0, 0.1) is 0 Å². The van der Waals surface area contributed by atoms with E-state index < -0.39 is 0 Å². The number of pyridine rings is 1. The summed E-state index contributed by atoms with van der Waals surface area (Å²) in [6, 6.07) is 4.65. The lowest BCUT2D eigenvalue weighted by Crippen LogP contribution is -2.38. The van der Waals surface area contributed by atoms with Gasteiger partial charge in [-0.25, -0.2) is 4.98 Å². The van der Waals surface area contributed by atoms with Crippen molar-refractivity contribution in [3.05, 3.63) is 18.3 Å². The molecule has 1 atom stereocenters. The molecule has 0 amide bonds. The van der Waals surface area contributed by atoms with Crippen molar-refractivity contribution in [1.82, 2.24) is 10.3 Å². The SMILES string of the molecule is COCCNC(=S)Nc1ccc(N2CCCC[C@@H]2C)nc1. The van der Waals surface area contributed by atoms with Crippen LogP contribution >= 0.6 is 12.2 Å². The molecule has 1 saturated heterocycles. The number of hydrogen-bond donors (Lipinski definition) is 2. The topological polar surface area (TPSA) is 49.4 Å². The highest BCUT2D eigenvalue weighted by atomic mass is 32.1. The fourth-order valence-electron chi connectivity index (χ4n) is 2.51. The normalized spacial score (nSPS) is 18.4. The smallest absolute Gasteiger partial charge is 0.170 e. The summed E-state index contributed by atoms with van der Waals surface area (Å²) in [5.41, 5.74) is 0.901. The molecule has 1 aliphatic heterocycles. The standard InChI is InChI=1S/C15H24N4OS/c1-12-5-3-4-9-19(12)14-7-6-13(11-17-14)18-15(21)16-8-10-20-2/h6-7,11-12H,3-5,8-10H2,1-2H3,(H2,16,18,21)/t12-/m0/s1. The largest absolute Gasteiger partial charge is 0.383 e. The summed E-state index contributed by atoms with van der Waals surface area (Å²) in [4.78, 5) is 6.93. The average molecular weight is 308 g/mol. The van der Waals surface area contributed by atoms with Crippen molar-refractivity contribution in [3.8, 4) is 0 Å². The quantitative estimate of drug-likeness (QED) is 0.643. The van der Waals surface area contributed by atoms with Crippen LogP contribution in [0.1, 0.15) is 26.2 Å². The second-order valence-electron chi connectivity index (χ2n) is 5.32. The fraction of sp³-hybridized carbons (Fsp3) is 0.600. The third kappa shape index (κ3) is 4.82. The molecule has 2 N–H and O–H groups in total. The van der Waals surface area contributed by atoms with Crippen LogP contribution in [-0.2, 0) is 4.74 Å². The summed E-state index contributed by atoms with van der Waals surface area (Å²) in [6.45, 7) is 4.69. The molecule has 1 aromatic heterocycles. The van der Waals surface area contributed by atoms with Crippen molar-refractivity contribution in [3.63, 3.8) is 0 Å². The molecular formula is C15H24N4OS. The Morgan fingerprint density at radius 2 is 2.33 bits per heavy atom. The number of aromatic nitrogens is 1. The maximum atomic E-state index is 5.21. The van der Waals surface area contributed by atoms with Gasteiger partial charge in [0, 0.05) is 26.2 Å². The Balaban J connectivity index is 1.88. The zero-order valence-corrected chi connectivity index (χ0v) is 13.6. The van der Waals surface area contributed by atoms with E-state index in [1.807, 2.05) is 12.3 Å². The van der Waals surface area contributed by atoms with E-state index in [4.69, 9.17) is 17.0 Å². The minimum atomic E-state index is 0.571. The summed E-state index contributed by atoms with van der Waals surface area (Å²) in [5.74, 6) is 1.05. The first kappa shape index (κ1) is 16.0. The van der Waals surface area contributed by atoms with Crippen LogP contribution in [0.3, 0.4) is 0 Å². The second kappa shape index (κ2) is 8.14. The number of anilines is 2. The number of ether oxygens (including phenoxy) is 1. The third-order valence-corrected chi connectivity index (χ3v) is 3.94. The van der Waals surface area contributed by atoms with E-state index in [1.165, 1.54) is 19.3 Å². The van der Waals surface area contributed by atoms with Crippen LogP contribution in [0.2, 0.25) is 0 Å². The van der Waals surface area contributed by atoms with Gasteiger partial charge >= 0.3 is 0 Å². The highest BCUT2D eigenvalue weighted by Gasteiger charge is 2.19. The van der Waals surface area contributed by atoms with Crippen LogP contribution in [0.25, 0.3) is 0 Å². The van der Waals surface area contributed by atoms with Crippen molar-refractivity contribution >= 4 is 28.8 Å². The summed E-state index contributed by atoms with van der Waals surface area (Å²) >= 11 is 5.21. The van der Waals surface area contributed by atoms with Gasteiger partial charge in [-0.1, -0.05) is 0 Å². The number of rotatable bonds is 5. The molecule has 0 aliphatic carbocycles. The molecule has 2 rings (SSSR count). The fourth-order valence-corrected chi connectivity index (χ4v) is 2.73. The van der Waals surface area contributed by atoms with E-state index in [1.54, 1.807) is 7.11 Å². The molecule has 0 bridgehead atoms. The van der Waals surface area contributed by atoms with Gasteiger partial charge in [-0.05, 0) is 50.5 Å². The van der Waals surface area contributed by atoms with Gasteiger partial charge in [0.05, 0.1) is 18.5 Å². The van der Waals surface area contributed by atoms with Gasteiger partial charge in [-0.15, -0.1) is 0 Å². The lowest BCUT2D eigenvalue weighted by Gasteiger charge is -2.34. The Kier molecular flexibility index (Phi) is 6.20. The van der Waals surface area contributed by atoms with Crippen molar-refractivity contribution in [2.24, 2.45) is 0 Å². The highest BCUT2D eigenvalue weighted by molar-refractivity contribution is 7.80. The van der Waals surface area contributed by atoms with Crippen LogP contribution in [0.15, 0.2) is 18.3 Å². The van der Waals surface area contributed by atoms with Gasteiger partial charge in [-0.3, -0.25) is 0 Å². The lowest BCUT2D eigenvalue weighted by atomic mass is 10.0. The number of methoxy groups -OCH3 is 1. The summed E-state index contributed by atoms with van der Waals surface area (Å²) in [7, 11) is 1.67. The molecule has 116 valence electrons. The first-order chi connectivity index (χ1) is 10.2. The number of hydrogen-bond acceptors (Lipinski definition) is 4. The molecular weight excluding hydrogens is 284 g/mol. The number of piperidine rings is 1. The molecule has 1 aliphatic rings. The van der Waals surface area contributed by atoms with Gasteiger partial charge in [0.15, 0.2) is 5.11 Å². The molecule has 21 heavy (non-hydrogen) atoms. The predicted molar refractivity (Wildman–Crippen MR) is 91.0 cm³/mol. The Morgan fingerprint density at radius 1 is 1.48 bits per heavy atom. The molecule has 0 saturated carbocycles. The van der Waals surface area contributed by atoms with Crippen molar-refractivity contribution in [2.75, 3.05) is 37.0 Å². The van der Waals surface area contributed by atoms with Gasteiger partial charge in [0.25, 0.3) is 0 Å². The van der Waals surface area contributed by atoms with Crippen LogP contribution < -0.4 is 15.5 Å². The first-order valence-corrected chi connectivity index (χ1v) is 7.88. The Morgan fingerprint density at radius 3 is 3.00 bits per heavy atom. The van der Waals surface area contributed by atoms with Crippen molar-refractivity contribution in [2.45, 2.75) is 32.2 Å². The van der Waals surface area contributed by atoms with Gasteiger partial charge in [0.1, 0.15) is 5.82 Å². The Bertz CT molecular complexity index is 451.